The van der Waals surface area contributed by atoms with Crippen LogP contribution >= 0.6 is 0 Å². The molecule has 3 amide bonds. The van der Waals surface area contributed by atoms with Crippen LogP contribution in [0.1, 0.15) is 240 Å². The highest BCUT2D eigenvalue weighted by Crippen LogP contribution is 2.42. The van der Waals surface area contributed by atoms with Crippen molar-refractivity contribution in [2.45, 2.75) is 398 Å². The summed E-state index contributed by atoms with van der Waals surface area (Å²) in [5, 5.41) is 205. The minimum atomic E-state index is -3.41. The van der Waals surface area contributed by atoms with Crippen LogP contribution in [0.4, 0.5) is 0 Å². The van der Waals surface area contributed by atoms with Crippen LogP contribution in [0.5, 0.6) is 0 Å². The molecule has 0 unspecified atom stereocenters. The molecule has 34 nitrogen and oxygen atoms in total. The first-order valence-corrected chi connectivity index (χ1v) is 39.6. The molecule has 0 bridgehead atoms. The zero-order chi connectivity index (χ0) is 80.3. The van der Waals surface area contributed by atoms with Gasteiger partial charge in [0, 0.05) is 19.8 Å². The monoisotopic (exact) mass is 1560 g/mol. The average Bonchev–Trinajstić information content (AvgIpc) is 0.743. The first-order valence-electron chi connectivity index (χ1n) is 39.6. The van der Waals surface area contributed by atoms with Crippen molar-refractivity contribution in [3.63, 3.8) is 0 Å². The highest BCUT2D eigenvalue weighted by molar-refractivity contribution is 5.81. The number of rotatable bonds is 56. The van der Waals surface area contributed by atoms with E-state index < -0.39 is 234 Å². The Morgan fingerprint density at radius 3 is 1.43 bits per heavy atom. The van der Waals surface area contributed by atoms with E-state index in [9.17, 15) is 116 Å². The van der Waals surface area contributed by atoms with E-state index >= 15 is 0 Å². The molecule has 0 radical (unpaired) electrons. The molecule has 632 valence electrons. The molecule has 26 atom stereocenters. The fourth-order valence-electron chi connectivity index (χ4n) is 14.2. The third kappa shape index (κ3) is 31.3. The molecule has 34 heteroatoms. The summed E-state index contributed by atoms with van der Waals surface area (Å²) in [6, 6.07) is -5.57. The summed E-state index contributed by atoms with van der Waals surface area (Å²) < 4.78 is 46.1. The molecule has 108 heavy (non-hydrogen) atoms. The lowest BCUT2D eigenvalue weighted by Crippen LogP contribution is -2.72. The van der Waals surface area contributed by atoms with Gasteiger partial charge in [0.25, 0.3) is 11.6 Å². The van der Waals surface area contributed by atoms with E-state index in [0.717, 1.165) is 84.0 Å². The van der Waals surface area contributed by atoms with Gasteiger partial charge >= 0.3 is 11.9 Å². The average molecular weight is 1560 g/mol. The molecule has 4 saturated heterocycles. The highest BCUT2D eigenvalue weighted by atomic mass is 16.8. The van der Waals surface area contributed by atoms with Crippen molar-refractivity contribution < 1.29 is 154 Å². The largest absolute Gasteiger partial charge is 0.477 e. The van der Waals surface area contributed by atoms with Gasteiger partial charge in [-0.2, -0.15) is 0 Å². The molecule has 0 aromatic rings. The number of carboxylic acids is 2. The molecular formula is C74H135N3O31. The molecule has 0 aromatic carbocycles. The van der Waals surface area contributed by atoms with Gasteiger partial charge in [0.15, 0.2) is 12.6 Å². The first-order chi connectivity index (χ1) is 51.3. The molecule has 0 saturated carbocycles. The van der Waals surface area contributed by atoms with E-state index in [2.05, 4.69) is 36.7 Å². The van der Waals surface area contributed by atoms with Crippen molar-refractivity contribution >= 4 is 29.7 Å². The molecule has 0 aromatic heterocycles. The van der Waals surface area contributed by atoms with Crippen LogP contribution in [-0.2, 0) is 61.9 Å². The van der Waals surface area contributed by atoms with Crippen molar-refractivity contribution in [2.75, 3.05) is 33.0 Å². The van der Waals surface area contributed by atoms with Crippen molar-refractivity contribution in [3.05, 3.63) is 0 Å². The molecule has 4 aliphatic heterocycles. The van der Waals surface area contributed by atoms with Crippen LogP contribution in [0.2, 0.25) is 0 Å². The van der Waals surface area contributed by atoms with Gasteiger partial charge in [0.05, 0.1) is 69.0 Å². The fraction of sp³-hybridized carbons (Fsp3) is 0.932. The zero-order valence-electron chi connectivity index (χ0n) is 64.0. The Balaban J connectivity index is 1.53. The minimum Gasteiger partial charge on any atom is -0.477 e. The highest BCUT2D eigenvalue weighted by Gasteiger charge is 2.63. The summed E-state index contributed by atoms with van der Waals surface area (Å²) in [5.74, 6) is -13.6. The second-order valence-electron chi connectivity index (χ2n) is 30.5. The second kappa shape index (κ2) is 50.6. The maximum atomic E-state index is 13.8. The summed E-state index contributed by atoms with van der Waals surface area (Å²) in [7, 11) is 0. The van der Waals surface area contributed by atoms with Crippen LogP contribution in [0, 0.1) is 5.92 Å². The Morgan fingerprint density at radius 2 is 0.954 bits per heavy atom. The molecular weight excluding hydrogens is 1430 g/mol. The summed E-state index contributed by atoms with van der Waals surface area (Å²) >= 11 is 0. The maximum Gasteiger partial charge on any atom is 0.364 e. The summed E-state index contributed by atoms with van der Waals surface area (Å²) in [6.45, 7) is 3.17. The predicted molar refractivity (Wildman–Crippen MR) is 384 cm³/mol. The Hall–Kier alpha value is -3.61. The molecule has 0 aliphatic carbocycles. The maximum absolute atomic E-state index is 13.8. The molecule has 4 fully saturated rings. The fourth-order valence-corrected chi connectivity index (χ4v) is 14.2. The van der Waals surface area contributed by atoms with Crippen LogP contribution in [-0.4, -0.2) is 313 Å². The smallest absolute Gasteiger partial charge is 0.364 e. The standard InChI is InChI=1S/C74H135N3O31/c1-6-7-8-9-10-11-12-13-14-15-16-17-18-19-20-21-26-29-32-35-48(82)68(96)76-46(58(88)47(81)34-31-28-25-23-22-24-27-30-33-43(2)3)40-101-70-65(95)63(93)61(91)53(105-70)41-103-73(71(97)98)37-52(56(75-45(5)80)67(107-73)60(90)51(85)39-79)106-74(72(99)100)36-49(83)55(66(108-74)59(89)50(84)38-78)77-54(86)42-102-69-64(94)62(92)57(87)44(4)104-69/h43-44,46-53,55-67,69-70,78-79,81-85,87-95H,6-42H2,1-5H3,(H,75,80)(H,76,96)(H,77,86)(H,97,98)(H,99,100)/t44-,46-,47+,48+,49-,50+,51+,52-,53+,55+,56+,57+,58-,59+,60+,61+,62+,63-,64-,65+,66+,67+,69+,70+,73+,74+/m0/s1. The molecule has 4 aliphatic rings. The van der Waals surface area contributed by atoms with Crippen LogP contribution < -0.4 is 16.0 Å². The van der Waals surface area contributed by atoms with Gasteiger partial charge in [0.1, 0.15) is 98.2 Å². The number of carbonyl (C=O) groups is 5. The Morgan fingerprint density at radius 1 is 0.509 bits per heavy atom. The van der Waals surface area contributed by atoms with Crippen molar-refractivity contribution in [1.29, 1.82) is 0 Å². The van der Waals surface area contributed by atoms with Gasteiger partial charge < -0.3 is 146 Å². The van der Waals surface area contributed by atoms with E-state index in [0.29, 0.717) is 18.8 Å². The van der Waals surface area contributed by atoms with Crippen LogP contribution in [0.25, 0.3) is 0 Å². The first kappa shape index (κ1) is 96.8. The Kier molecular flexibility index (Phi) is 45.3. The minimum absolute atomic E-state index is 0.0548. The van der Waals surface area contributed by atoms with Gasteiger partial charge in [-0.05, 0) is 25.7 Å². The number of carbonyl (C=O) groups excluding carboxylic acids is 3. The number of hydrogen-bond acceptors (Lipinski definition) is 29. The summed E-state index contributed by atoms with van der Waals surface area (Å²) in [6.07, 6.45) is -14.1. The Bertz CT molecular complexity index is 2520. The summed E-state index contributed by atoms with van der Waals surface area (Å²) in [5.41, 5.74) is 0. The number of aliphatic hydroxyl groups is 16. The number of unbranched alkanes of at least 4 members (excludes halogenated alkanes) is 25. The van der Waals surface area contributed by atoms with E-state index in [1.807, 2.05) is 0 Å². The Labute approximate surface area is 634 Å². The van der Waals surface area contributed by atoms with Crippen LogP contribution in [0.15, 0.2) is 0 Å². The van der Waals surface area contributed by atoms with Crippen molar-refractivity contribution in [2.24, 2.45) is 5.92 Å². The lowest BCUT2D eigenvalue weighted by atomic mass is 9.86. The topological polar surface area (TPSA) is 559 Å². The van der Waals surface area contributed by atoms with Gasteiger partial charge in [-0.25, -0.2) is 9.59 Å². The quantitative estimate of drug-likeness (QED) is 0.0354. The van der Waals surface area contributed by atoms with Gasteiger partial charge in [0.2, 0.25) is 17.7 Å². The van der Waals surface area contributed by atoms with E-state index in [1.54, 1.807) is 0 Å². The number of carboxylic acid groups (broad SMARTS) is 2. The van der Waals surface area contributed by atoms with E-state index in [4.69, 9.17) is 37.9 Å². The summed E-state index contributed by atoms with van der Waals surface area (Å²) in [4.78, 5) is 67.7. The normalized spacial score (nSPS) is 31.2. The SMILES string of the molecule is CCCCCCCCCCCCCCCCCCCCC[C@@H](O)C(=O)N[C@@H](CO[C@@H]1O[C@H](CO[C@]2(C(=O)O)C[C@H](O[C@]3(C(=O)O)C[C@H](O)[C@@H](NC(=O)CO[C@@H]4O[C@@H](C)[C@@H](O)[C@@H](O)[C@@H]4O)[C@H]([C@H](O)[C@H](O)CO)O3)[C@@H](NC(C)=O)[C@H]([C@H](O)[C@H](O)CO)O2)[C@@H](O)[C@H](O)[C@H]1O)[C@H](O)[C@H](O)CCCCCCCCCCC(C)C. The third-order valence-corrected chi connectivity index (χ3v) is 21.0. The number of ether oxygens (including phenoxy) is 8. The third-order valence-electron chi connectivity index (χ3n) is 21.0. The zero-order valence-corrected chi connectivity index (χ0v) is 64.0. The van der Waals surface area contributed by atoms with Crippen molar-refractivity contribution in [3.8, 4) is 0 Å². The van der Waals surface area contributed by atoms with E-state index in [1.165, 1.54) is 96.8 Å². The molecule has 21 N–H and O–H groups in total. The lowest BCUT2D eigenvalue weighted by Gasteiger charge is -2.52. The number of amides is 3. The van der Waals surface area contributed by atoms with Gasteiger partial charge in [-0.15, -0.1) is 0 Å². The molecule has 0 spiro atoms. The number of aliphatic carboxylic acids is 2. The van der Waals surface area contributed by atoms with Gasteiger partial charge in [-0.3, -0.25) is 14.4 Å². The molecule has 4 heterocycles. The second-order valence-corrected chi connectivity index (χ2v) is 30.5. The number of nitrogens with one attached hydrogen (secondary N) is 3. The van der Waals surface area contributed by atoms with Crippen LogP contribution in [0.3, 0.4) is 0 Å². The number of hydrogen-bond donors (Lipinski definition) is 21. The lowest BCUT2D eigenvalue weighted by molar-refractivity contribution is -0.365. The van der Waals surface area contributed by atoms with Crippen molar-refractivity contribution in [1.82, 2.24) is 16.0 Å². The van der Waals surface area contributed by atoms with E-state index in [-0.39, 0.29) is 12.8 Å². The number of aliphatic hydroxyl groups excluding tert-OH is 16. The molecule has 4 rings (SSSR count). The predicted octanol–water partition coefficient (Wildman–Crippen LogP) is -0.0789. The van der Waals surface area contributed by atoms with Gasteiger partial charge in [-0.1, -0.05) is 201 Å².